The fourth-order valence-corrected chi connectivity index (χ4v) is 0. The zero-order valence-electron chi connectivity index (χ0n) is 24.5. The first-order chi connectivity index (χ1) is 13.6. The first kappa shape index (κ1) is 51.1. The van der Waals surface area contributed by atoms with E-state index in [1.807, 2.05) is 0 Å². The van der Waals surface area contributed by atoms with E-state index in [9.17, 15) is 0 Å². The van der Waals surface area contributed by atoms with Crippen LogP contribution in [0.15, 0.2) is 0 Å². The van der Waals surface area contributed by atoms with E-state index in [1.54, 1.807) is 0 Å². The van der Waals surface area contributed by atoms with Gasteiger partial charge in [-0.15, -0.1) is 0 Å². The monoisotopic (exact) mass is 654 g/mol. The summed E-state index contributed by atoms with van der Waals surface area (Å²) >= 11 is 0. The number of nitrogens with one attached hydrogen (secondary N) is 6. The Bertz CT molecular complexity index is 198. The second kappa shape index (κ2) is 46.7. The first-order valence-corrected chi connectivity index (χ1v) is 35.0. The van der Waals surface area contributed by atoms with Gasteiger partial charge in [0.1, 0.15) is 0 Å². The molecule has 0 unspecified atom stereocenters. The van der Waals surface area contributed by atoms with Crippen LogP contribution in [0, 0.1) is 0 Å². The van der Waals surface area contributed by atoms with Crippen LogP contribution in [0.5, 0.6) is 0 Å². The summed E-state index contributed by atoms with van der Waals surface area (Å²) in [7, 11) is 5.08. The van der Waals surface area contributed by atoms with Crippen LogP contribution in [0.25, 0.3) is 0 Å². The summed E-state index contributed by atoms with van der Waals surface area (Å²) in [6.45, 7) is 27.4. The van der Waals surface area contributed by atoms with Gasteiger partial charge in [0.15, 0.2) is 0 Å². The Labute approximate surface area is 249 Å². The third-order valence-corrected chi connectivity index (χ3v) is 31.2. The van der Waals surface area contributed by atoms with Crippen molar-refractivity contribution in [2.75, 3.05) is 0 Å². The molecule has 19 heteroatoms. The fourth-order valence-electron chi connectivity index (χ4n) is 0. The Morgan fingerprint density at radius 2 is 0.323 bits per heavy atom. The van der Waals surface area contributed by atoms with Crippen molar-refractivity contribution in [2.24, 2.45) is 0 Å². The molecule has 0 rings (SSSR count). The molecule has 0 aliphatic carbocycles. The Morgan fingerprint density at radius 1 is 0.290 bits per heavy atom. The molecule has 0 heterocycles. The van der Waals surface area contributed by atoms with Crippen LogP contribution in [-0.2, 0) is 0 Å². The van der Waals surface area contributed by atoms with E-state index >= 15 is 0 Å². The van der Waals surface area contributed by atoms with Gasteiger partial charge in [-0.05, 0) is 0 Å². The summed E-state index contributed by atoms with van der Waals surface area (Å²) in [5.74, 6) is 0. The van der Waals surface area contributed by atoms with Gasteiger partial charge in [0.25, 0.3) is 0 Å². The average Bonchev–Trinajstić information content (AvgIpc) is 2.69. The zero-order chi connectivity index (χ0) is 25.7. The molecule has 0 spiro atoms. The van der Waals surface area contributed by atoms with E-state index in [1.165, 1.54) is 62.4 Å². The minimum atomic E-state index is -0.338. The van der Waals surface area contributed by atoms with E-state index in [-0.39, 0.29) is 83.3 Å². The first-order valence-electron chi connectivity index (χ1n) is 11.7. The van der Waals surface area contributed by atoms with Gasteiger partial charge in [0.05, 0.1) is 116 Å². The second-order valence-corrected chi connectivity index (χ2v) is 36.4. The molecular weight excluding hydrogens is 588 g/mol. The van der Waals surface area contributed by atoms with Crippen LogP contribution >= 0.6 is 0 Å². The van der Waals surface area contributed by atoms with Gasteiger partial charge in [-0.1, -0.05) is 78.6 Å². The maximum atomic E-state index is 3.31. The third kappa shape index (κ3) is 139. The van der Waals surface area contributed by atoms with E-state index in [2.05, 4.69) is 106 Å². The van der Waals surface area contributed by atoms with E-state index < -0.39 is 0 Å². The molecule has 0 radical (unpaired) electrons. The predicted molar refractivity (Wildman–Crippen MR) is 199 cm³/mol. The van der Waals surface area contributed by atoms with Crippen LogP contribution in [0.1, 0.15) is 0 Å². The zero-order valence-corrected chi connectivity index (χ0v) is 43.4. The molecule has 194 valence electrons. The van der Waals surface area contributed by atoms with Crippen LogP contribution in [0.3, 0.4) is 0 Å². The molecule has 31 heavy (non-hydrogen) atoms. The molecule has 6 nitrogen and oxygen atoms in total. The van der Waals surface area contributed by atoms with Crippen LogP contribution in [-0.4, -0.2) is 146 Å². The Balaban J connectivity index is -0.0000000443. The predicted octanol–water partition coefficient (Wildman–Crippen LogP) is -7.61. The summed E-state index contributed by atoms with van der Waals surface area (Å²) in [6, 6.07) is 0. The number of hydrogen-bond donors (Lipinski definition) is 6. The van der Waals surface area contributed by atoms with Gasteiger partial charge in [-0.2, -0.15) is 0 Å². The van der Waals surface area contributed by atoms with Gasteiger partial charge in [0, 0.05) is 0 Å². The van der Waals surface area contributed by atoms with Crippen molar-refractivity contribution in [3.63, 3.8) is 0 Å². The summed E-state index contributed by atoms with van der Waals surface area (Å²) in [4.78, 5) is 0. The standard InChI is InChI=1S/6C2H11NSi2.Na.H/c6*1-5(2)3-4;;/h6*3,5H,1-2,4H3;;. The van der Waals surface area contributed by atoms with Gasteiger partial charge in [-0.25, -0.2) is 0 Å². The van der Waals surface area contributed by atoms with Gasteiger partial charge in [0.2, 0.25) is 0 Å². The topological polar surface area (TPSA) is 72.2 Å². The van der Waals surface area contributed by atoms with E-state index in [4.69, 9.17) is 0 Å². The molecule has 0 bridgehead atoms. The SMILES string of the molecule is C[SiH](C)N[SiH3].C[SiH](C)N[SiH3].C[SiH](C)N[SiH3].C[SiH](C)N[SiH3].C[SiH](C)N[SiH3].C[SiH](C)N[SiH3].[NaH]. The molecule has 0 amide bonds. The molecule has 0 aromatic heterocycles. The molecule has 0 saturated heterocycles. The molecule has 6 N–H and O–H groups in total. The van der Waals surface area contributed by atoms with Crippen molar-refractivity contribution in [1.29, 1.82) is 0 Å². The maximum absolute atomic E-state index is 3.31. The van der Waals surface area contributed by atoms with Crippen molar-refractivity contribution in [1.82, 2.24) is 27.9 Å². The Morgan fingerprint density at radius 3 is 0.323 bits per heavy atom. The van der Waals surface area contributed by atoms with Crippen LogP contribution in [0.2, 0.25) is 78.6 Å². The van der Waals surface area contributed by atoms with Crippen molar-refractivity contribution in [2.45, 2.75) is 78.6 Å². The number of hydrogen-bond acceptors (Lipinski definition) is 6. The van der Waals surface area contributed by atoms with E-state index in [0.717, 1.165) is 0 Å². The summed E-state index contributed by atoms with van der Waals surface area (Å²) in [5.41, 5.74) is 0. The third-order valence-electron chi connectivity index (χ3n) is 3.46. The van der Waals surface area contributed by atoms with Crippen LogP contribution < -0.4 is 27.9 Å². The van der Waals surface area contributed by atoms with Gasteiger partial charge in [-0.3, -0.25) is 0 Å². The van der Waals surface area contributed by atoms with Crippen molar-refractivity contribution < 1.29 is 0 Å². The second-order valence-electron chi connectivity index (χ2n) is 8.66. The van der Waals surface area contributed by atoms with Crippen LogP contribution in [0.4, 0.5) is 0 Å². The Kier molecular flexibility index (Phi) is 76.9. The summed E-state index contributed by atoms with van der Waals surface area (Å²) in [5, 5.41) is 0. The molecule has 0 aliphatic heterocycles. The van der Waals surface area contributed by atoms with Crippen molar-refractivity contribution in [3.05, 3.63) is 0 Å². The summed E-state index contributed by atoms with van der Waals surface area (Å²) < 4.78 is 19.8. The number of rotatable bonds is 6. The van der Waals surface area contributed by atoms with Crippen molar-refractivity contribution in [3.8, 4) is 0 Å². The van der Waals surface area contributed by atoms with E-state index in [0.29, 0.717) is 0 Å². The van der Waals surface area contributed by atoms with Gasteiger partial charge >= 0.3 is 29.6 Å². The molecule has 0 fully saturated rings. The molecule has 0 aromatic rings. The molecule has 0 atom stereocenters. The molecular formula is C12H67N6NaSi12. The average molecular weight is 656 g/mol. The molecule has 0 aromatic carbocycles. The molecule has 0 aliphatic rings. The minimum absolute atomic E-state index is 0. The normalized spacial score (nSPS) is 9.87. The van der Waals surface area contributed by atoms with Gasteiger partial charge < -0.3 is 27.9 Å². The molecule has 0 saturated carbocycles. The summed E-state index contributed by atoms with van der Waals surface area (Å²) in [6.07, 6.45) is 0. The Hall–Kier alpha value is 3.36. The quantitative estimate of drug-likeness (QED) is 0.160. The fraction of sp³-hybridized carbons (Fsp3) is 1.00. The van der Waals surface area contributed by atoms with Crippen molar-refractivity contribution >= 4 is 146 Å².